The Morgan fingerprint density at radius 3 is 2.57 bits per heavy atom. The fraction of sp³-hybridized carbons (Fsp3) is 0.200. The number of carbonyl (C=O) groups is 2. The first-order valence-electron chi connectivity index (χ1n) is 8.50. The molecule has 3 N–H and O–H groups in total. The van der Waals surface area contributed by atoms with E-state index in [0.29, 0.717) is 22.9 Å². The highest BCUT2D eigenvalue weighted by Crippen LogP contribution is 2.32. The van der Waals surface area contributed by atoms with E-state index in [9.17, 15) is 14.0 Å². The molecular formula is C20H20FN3O4. The first-order valence-corrected chi connectivity index (χ1v) is 8.50. The van der Waals surface area contributed by atoms with Crippen molar-refractivity contribution < 1.29 is 23.5 Å². The van der Waals surface area contributed by atoms with Crippen molar-refractivity contribution in [1.82, 2.24) is 10.6 Å². The number of hydrogen-bond acceptors (Lipinski definition) is 4. The minimum Gasteiger partial charge on any atom is -0.497 e. The number of methoxy groups -OCH3 is 2. The van der Waals surface area contributed by atoms with E-state index in [0.717, 1.165) is 0 Å². The topological polar surface area (TPSA) is 88.7 Å². The third-order valence-electron chi connectivity index (χ3n) is 4.38. The molecule has 1 unspecified atom stereocenters. The van der Waals surface area contributed by atoms with E-state index in [4.69, 9.17) is 9.47 Å². The average molecular weight is 385 g/mol. The quantitative estimate of drug-likeness (QED) is 0.738. The van der Waals surface area contributed by atoms with Gasteiger partial charge in [-0.2, -0.15) is 0 Å². The molecule has 0 spiro atoms. The van der Waals surface area contributed by atoms with Gasteiger partial charge >= 0.3 is 6.03 Å². The summed E-state index contributed by atoms with van der Waals surface area (Å²) < 4.78 is 24.8. The Kier molecular flexibility index (Phi) is 5.49. The number of rotatable bonds is 5. The van der Waals surface area contributed by atoms with Gasteiger partial charge in [0, 0.05) is 17.3 Å². The summed E-state index contributed by atoms with van der Waals surface area (Å²) in [5.41, 5.74) is 1.10. The van der Waals surface area contributed by atoms with Gasteiger partial charge in [-0.05, 0) is 25.1 Å². The van der Waals surface area contributed by atoms with Crippen LogP contribution in [0.1, 0.15) is 18.5 Å². The number of hydrogen-bond donors (Lipinski definition) is 3. The van der Waals surface area contributed by atoms with Crippen molar-refractivity contribution in [1.29, 1.82) is 0 Å². The van der Waals surface area contributed by atoms with Crippen molar-refractivity contribution in [3.63, 3.8) is 0 Å². The van der Waals surface area contributed by atoms with E-state index in [1.54, 1.807) is 37.3 Å². The van der Waals surface area contributed by atoms with Crippen LogP contribution in [0.3, 0.4) is 0 Å². The second-order valence-corrected chi connectivity index (χ2v) is 6.11. The molecule has 0 bridgehead atoms. The normalized spacial score (nSPS) is 16.1. The third kappa shape index (κ3) is 3.75. The Balaban J connectivity index is 2.00. The summed E-state index contributed by atoms with van der Waals surface area (Å²) in [6.07, 6.45) is 0. The van der Waals surface area contributed by atoms with E-state index >= 15 is 0 Å². The summed E-state index contributed by atoms with van der Waals surface area (Å²) in [7, 11) is 2.99. The zero-order chi connectivity index (χ0) is 20.3. The Morgan fingerprint density at radius 1 is 1.14 bits per heavy atom. The highest BCUT2D eigenvalue weighted by molar-refractivity contribution is 6.07. The van der Waals surface area contributed by atoms with Gasteiger partial charge in [0.1, 0.15) is 17.3 Å². The summed E-state index contributed by atoms with van der Waals surface area (Å²) in [4.78, 5) is 25.0. The SMILES string of the molecule is COc1ccc(OC)c(NC(=O)C2=C(C)NC(=O)NC2c2ccccc2F)c1. The highest BCUT2D eigenvalue weighted by atomic mass is 19.1. The van der Waals surface area contributed by atoms with Crippen molar-refractivity contribution in [3.05, 3.63) is 65.1 Å². The molecule has 1 heterocycles. The minimum atomic E-state index is -0.938. The van der Waals surface area contributed by atoms with Crippen LogP contribution in [0.4, 0.5) is 14.9 Å². The van der Waals surface area contributed by atoms with Crippen LogP contribution in [0.5, 0.6) is 11.5 Å². The molecule has 8 heteroatoms. The lowest BCUT2D eigenvalue weighted by Crippen LogP contribution is -2.46. The molecule has 0 aromatic heterocycles. The zero-order valence-electron chi connectivity index (χ0n) is 15.6. The van der Waals surface area contributed by atoms with Crippen molar-refractivity contribution in [2.24, 2.45) is 0 Å². The lowest BCUT2D eigenvalue weighted by Gasteiger charge is -2.29. The first kappa shape index (κ1) is 19.2. The lowest BCUT2D eigenvalue weighted by molar-refractivity contribution is -0.113. The maximum atomic E-state index is 14.3. The summed E-state index contributed by atoms with van der Waals surface area (Å²) in [6, 6.07) is 9.50. The van der Waals surface area contributed by atoms with E-state index in [2.05, 4.69) is 16.0 Å². The number of halogens is 1. The van der Waals surface area contributed by atoms with Crippen molar-refractivity contribution >= 4 is 17.6 Å². The first-order chi connectivity index (χ1) is 13.4. The van der Waals surface area contributed by atoms with Crippen LogP contribution in [0, 0.1) is 5.82 Å². The van der Waals surface area contributed by atoms with Gasteiger partial charge in [-0.15, -0.1) is 0 Å². The number of urea groups is 1. The van der Waals surface area contributed by atoms with Crippen LogP contribution in [0.25, 0.3) is 0 Å². The maximum absolute atomic E-state index is 14.3. The average Bonchev–Trinajstić information content (AvgIpc) is 2.67. The molecule has 0 radical (unpaired) electrons. The van der Waals surface area contributed by atoms with Crippen molar-refractivity contribution in [2.45, 2.75) is 13.0 Å². The summed E-state index contributed by atoms with van der Waals surface area (Å²) >= 11 is 0. The van der Waals surface area contributed by atoms with Gasteiger partial charge in [0.15, 0.2) is 0 Å². The van der Waals surface area contributed by atoms with E-state index in [1.165, 1.54) is 26.4 Å². The summed E-state index contributed by atoms with van der Waals surface area (Å²) in [6.45, 7) is 1.59. The van der Waals surface area contributed by atoms with Crippen LogP contribution < -0.4 is 25.4 Å². The summed E-state index contributed by atoms with van der Waals surface area (Å²) in [5, 5.41) is 7.92. The standard InChI is InChI=1S/C20H20FN3O4/c1-11-17(18(24-20(26)22-11)13-6-4-5-7-14(13)21)19(25)23-15-10-12(27-2)8-9-16(15)28-3/h4-10,18H,1-3H3,(H,23,25)(H2,22,24,26). The van der Waals surface area contributed by atoms with Crippen LogP contribution in [-0.2, 0) is 4.79 Å². The number of ether oxygens (including phenoxy) is 2. The molecule has 7 nitrogen and oxygen atoms in total. The molecule has 1 aliphatic heterocycles. The molecule has 3 amide bonds. The van der Waals surface area contributed by atoms with Crippen LogP contribution in [0.2, 0.25) is 0 Å². The molecule has 3 rings (SSSR count). The summed E-state index contributed by atoms with van der Waals surface area (Å²) in [5.74, 6) is -0.0678. The fourth-order valence-corrected chi connectivity index (χ4v) is 3.04. The Labute approximate surface area is 161 Å². The Morgan fingerprint density at radius 2 is 1.89 bits per heavy atom. The second-order valence-electron chi connectivity index (χ2n) is 6.11. The molecule has 28 heavy (non-hydrogen) atoms. The Bertz CT molecular complexity index is 958. The smallest absolute Gasteiger partial charge is 0.319 e. The molecule has 146 valence electrons. The minimum absolute atomic E-state index is 0.189. The molecule has 0 saturated carbocycles. The monoisotopic (exact) mass is 385 g/mol. The maximum Gasteiger partial charge on any atom is 0.319 e. The number of anilines is 1. The van der Waals surface area contributed by atoms with Crippen LogP contribution >= 0.6 is 0 Å². The number of allylic oxidation sites excluding steroid dienone is 1. The number of nitrogens with one attached hydrogen (secondary N) is 3. The van der Waals surface area contributed by atoms with Gasteiger partial charge in [0.25, 0.3) is 5.91 Å². The lowest BCUT2D eigenvalue weighted by atomic mass is 9.94. The molecule has 0 fully saturated rings. The van der Waals surface area contributed by atoms with Crippen LogP contribution in [0.15, 0.2) is 53.7 Å². The predicted octanol–water partition coefficient (Wildman–Crippen LogP) is 3.11. The second kappa shape index (κ2) is 7.99. The fourth-order valence-electron chi connectivity index (χ4n) is 3.04. The molecule has 0 saturated heterocycles. The molecule has 1 atom stereocenters. The van der Waals surface area contributed by atoms with E-state index in [-0.39, 0.29) is 11.1 Å². The van der Waals surface area contributed by atoms with Gasteiger partial charge in [0.05, 0.1) is 31.5 Å². The van der Waals surface area contributed by atoms with Gasteiger partial charge in [-0.25, -0.2) is 9.18 Å². The number of amides is 3. The van der Waals surface area contributed by atoms with Gasteiger partial charge in [-0.1, -0.05) is 18.2 Å². The van der Waals surface area contributed by atoms with Crippen molar-refractivity contribution in [3.8, 4) is 11.5 Å². The molecule has 2 aromatic rings. The molecule has 2 aromatic carbocycles. The number of carbonyl (C=O) groups excluding carboxylic acids is 2. The highest BCUT2D eigenvalue weighted by Gasteiger charge is 2.33. The van der Waals surface area contributed by atoms with Crippen molar-refractivity contribution in [2.75, 3.05) is 19.5 Å². The molecule has 1 aliphatic rings. The third-order valence-corrected chi connectivity index (χ3v) is 4.38. The van der Waals surface area contributed by atoms with Gasteiger partial charge in [0.2, 0.25) is 0 Å². The number of benzene rings is 2. The van der Waals surface area contributed by atoms with Gasteiger partial charge < -0.3 is 25.4 Å². The van der Waals surface area contributed by atoms with E-state index in [1.807, 2.05) is 0 Å². The predicted molar refractivity (Wildman–Crippen MR) is 102 cm³/mol. The molecule has 0 aliphatic carbocycles. The zero-order valence-corrected chi connectivity index (χ0v) is 15.6. The molecular weight excluding hydrogens is 365 g/mol. The van der Waals surface area contributed by atoms with Crippen LogP contribution in [-0.4, -0.2) is 26.2 Å². The van der Waals surface area contributed by atoms with E-state index < -0.39 is 23.8 Å². The van der Waals surface area contributed by atoms with Gasteiger partial charge in [-0.3, -0.25) is 4.79 Å². The largest absolute Gasteiger partial charge is 0.497 e. The Hall–Kier alpha value is -3.55.